The average Bonchev–Trinajstić information content (AvgIpc) is 3.47. The maximum absolute atomic E-state index is 13.3. The van der Waals surface area contributed by atoms with E-state index < -0.39 is 6.04 Å². The Morgan fingerprint density at radius 3 is 2.76 bits per heavy atom. The first-order valence-electron chi connectivity index (χ1n) is 8.92. The molecule has 1 unspecified atom stereocenters. The number of phenols is 1. The van der Waals surface area contributed by atoms with Gasteiger partial charge in [0.15, 0.2) is 16.6 Å². The molecule has 3 heterocycles. The van der Waals surface area contributed by atoms with Gasteiger partial charge in [0.05, 0.1) is 18.8 Å². The molecule has 144 valence electrons. The van der Waals surface area contributed by atoms with Crippen LogP contribution < -0.4 is 9.64 Å². The lowest BCUT2D eigenvalue weighted by Crippen LogP contribution is -2.29. The fraction of sp³-hybridized carbons (Fsp3) is 0.0952. The van der Waals surface area contributed by atoms with Crippen molar-refractivity contribution < 1.29 is 14.6 Å². The van der Waals surface area contributed by atoms with Crippen LogP contribution in [0.1, 0.15) is 27.7 Å². The number of amides is 1. The second-order valence-electron chi connectivity index (χ2n) is 6.55. The summed E-state index contributed by atoms with van der Waals surface area (Å²) in [4.78, 5) is 19.3. The van der Waals surface area contributed by atoms with Crippen LogP contribution in [0.25, 0.3) is 11.3 Å². The van der Waals surface area contributed by atoms with Crippen LogP contribution in [0.3, 0.4) is 0 Å². The number of H-pyrrole nitrogens is 1. The molecule has 1 amide bonds. The monoisotopic (exact) mass is 404 g/mol. The first-order valence-corrected chi connectivity index (χ1v) is 9.80. The fourth-order valence-corrected chi connectivity index (χ4v) is 4.34. The number of ether oxygens (including phenoxy) is 1. The number of nitrogens with zero attached hydrogens (tertiary/aromatic N) is 3. The quantitative estimate of drug-likeness (QED) is 0.537. The number of benzene rings is 2. The van der Waals surface area contributed by atoms with Gasteiger partial charge < -0.3 is 9.84 Å². The van der Waals surface area contributed by atoms with Crippen molar-refractivity contribution in [3.63, 3.8) is 0 Å². The molecule has 0 saturated heterocycles. The molecule has 2 aromatic carbocycles. The molecule has 5 rings (SSSR count). The van der Waals surface area contributed by atoms with Gasteiger partial charge in [-0.1, -0.05) is 36.4 Å². The van der Waals surface area contributed by atoms with Crippen molar-refractivity contribution in [3.8, 4) is 22.8 Å². The second-order valence-corrected chi connectivity index (χ2v) is 7.42. The number of carbonyl (C=O) groups excluding carboxylic acids is 1. The van der Waals surface area contributed by atoms with E-state index in [-0.39, 0.29) is 11.7 Å². The van der Waals surface area contributed by atoms with E-state index in [1.807, 2.05) is 35.7 Å². The number of anilines is 1. The van der Waals surface area contributed by atoms with Crippen molar-refractivity contribution in [1.82, 2.24) is 15.2 Å². The van der Waals surface area contributed by atoms with Crippen LogP contribution in [0.2, 0.25) is 0 Å². The van der Waals surface area contributed by atoms with Crippen molar-refractivity contribution in [3.05, 3.63) is 76.9 Å². The number of aromatic nitrogens is 3. The minimum atomic E-state index is -0.452. The highest BCUT2D eigenvalue weighted by Crippen LogP contribution is 2.46. The summed E-state index contributed by atoms with van der Waals surface area (Å²) < 4.78 is 5.29. The molecule has 0 saturated carbocycles. The minimum Gasteiger partial charge on any atom is -0.504 e. The first kappa shape index (κ1) is 17.4. The van der Waals surface area contributed by atoms with Gasteiger partial charge in [-0.25, -0.2) is 4.98 Å². The number of thiazole rings is 1. The van der Waals surface area contributed by atoms with Gasteiger partial charge in [0.1, 0.15) is 5.69 Å². The third-order valence-corrected chi connectivity index (χ3v) is 5.73. The number of carbonyl (C=O) groups is 1. The molecule has 0 fully saturated rings. The molecule has 1 aliphatic heterocycles. The first-order chi connectivity index (χ1) is 14.2. The number of hydrogen-bond acceptors (Lipinski definition) is 6. The predicted octanol–water partition coefficient (Wildman–Crippen LogP) is 4.00. The Morgan fingerprint density at radius 1 is 1.21 bits per heavy atom. The smallest absolute Gasteiger partial charge is 0.279 e. The maximum atomic E-state index is 13.3. The lowest BCUT2D eigenvalue weighted by atomic mass is 9.96. The van der Waals surface area contributed by atoms with E-state index in [4.69, 9.17) is 4.74 Å². The average molecular weight is 404 g/mol. The summed E-state index contributed by atoms with van der Waals surface area (Å²) in [6, 6.07) is 14.4. The number of aromatic hydroxyl groups is 1. The van der Waals surface area contributed by atoms with E-state index in [0.29, 0.717) is 22.3 Å². The summed E-state index contributed by atoms with van der Waals surface area (Å²) in [7, 11) is 1.50. The fourth-order valence-electron chi connectivity index (χ4n) is 3.68. The Morgan fingerprint density at radius 2 is 2.03 bits per heavy atom. The molecule has 7 nitrogen and oxygen atoms in total. The van der Waals surface area contributed by atoms with Crippen LogP contribution in [-0.2, 0) is 0 Å². The molecule has 0 bridgehead atoms. The van der Waals surface area contributed by atoms with Gasteiger partial charge in [0.25, 0.3) is 5.91 Å². The van der Waals surface area contributed by atoms with Crippen molar-refractivity contribution >= 4 is 22.4 Å². The van der Waals surface area contributed by atoms with Crippen LogP contribution in [0, 0.1) is 0 Å². The molecule has 1 aliphatic rings. The molecule has 1 atom stereocenters. The molecule has 0 spiro atoms. The topological polar surface area (TPSA) is 91.3 Å². The summed E-state index contributed by atoms with van der Waals surface area (Å²) in [5.74, 6) is 0.186. The molecule has 0 radical (unpaired) electrons. The van der Waals surface area contributed by atoms with Crippen molar-refractivity contribution in [2.24, 2.45) is 0 Å². The second kappa shape index (κ2) is 6.75. The molecule has 0 aliphatic carbocycles. The van der Waals surface area contributed by atoms with E-state index in [9.17, 15) is 9.90 Å². The molecular formula is C21H16N4O3S. The van der Waals surface area contributed by atoms with Crippen molar-refractivity contribution in [2.75, 3.05) is 12.0 Å². The Labute approximate surface area is 170 Å². The van der Waals surface area contributed by atoms with Gasteiger partial charge in [0, 0.05) is 22.7 Å². The SMILES string of the molecule is COc1cc(C2c3c(-c4ccccc4)n[nH]c3C(=O)N2c2nccs2)ccc1O. The van der Waals surface area contributed by atoms with E-state index in [2.05, 4.69) is 15.2 Å². The van der Waals surface area contributed by atoms with Crippen LogP contribution >= 0.6 is 11.3 Å². The lowest BCUT2D eigenvalue weighted by Gasteiger charge is -2.24. The van der Waals surface area contributed by atoms with Crippen molar-refractivity contribution in [2.45, 2.75) is 6.04 Å². The van der Waals surface area contributed by atoms with E-state index in [0.717, 1.165) is 16.7 Å². The van der Waals surface area contributed by atoms with E-state index in [1.165, 1.54) is 18.4 Å². The molecule has 29 heavy (non-hydrogen) atoms. The third kappa shape index (κ3) is 2.68. The zero-order valence-electron chi connectivity index (χ0n) is 15.4. The molecule has 2 N–H and O–H groups in total. The molecular weight excluding hydrogens is 388 g/mol. The van der Waals surface area contributed by atoms with Crippen LogP contribution in [0.5, 0.6) is 11.5 Å². The summed E-state index contributed by atoms with van der Waals surface area (Å²) in [6.07, 6.45) is 1.67. The van der Waals surface area contributed by atoms with E-state index in [1.54, 1.807) is 29.3 Å². The Bertz CT molecular complexity index is 1190. The van der Waals surface area contributed by atoms with Gasteiger partial charge in [-0.15, -0.1) is 11.3 Å². The van der Waals surface area contributed by atoms with Gasteiger partial charge in [-0.05, 0) is 17.7 Å². The number of aromatic amines is 1. The number of hydrogen-bond donors (Lipinski definition) is 2. The Hall–Kier alpha value is -3.65. The summed E-state index contributed by atoms with van der Waals surface area (Å²) in [5, 5.41) is 19.8. The minimum absolute atomic E-state index is 0.0390. The highest BCUT2D eigenvalue weighted by Gasteiger charge is 2.44. The lowest BCUT2D eigenvalue weighted by molar-refractivity contribution is 0.0988. The number of methoxy groups -OCH3 is 1. The molecule has 8 heteroatoms. The van der Waals surface area contributed by atoms with Gasteiger partial charge in [-0.3, -0.25) is 14.8 Å². The summed E-state index contributed by atoms with van der Waals surface area (Å²) in [6.45, 7) is 0. The zero-order valence-corrected chi connectivity index (χ0v) is 16.2. The highest BCUT2D eigenvalue weighted by molar-refractivity contribution is 7.13. The third-order valence-electron chi connectivity index (χ3n) is 4.96. The number of nitrogens with one attached hydrogen (secondary N) is 1. The van der Waals surface area contributed by atoms with Crippen LogP contribution in [-0.4, -0.2) is 33.3 Å². The Balaban J connectivity index is 1.74. The Kier molecular flexibility index (Phi) is 4.06. The van der Waals surface area contributed by atoms with Gasteiger partial charge in [0.2, 0.25) is 0 Å². The summed E-state index contributed by atoms with van der Waals surface area (Å²) >= 11 is 1.39. The van der Waals surface area contributed by atoms with Gasteiger partial charge >= 0.3 is 0 Å². The van der Waals surface area contributed by atoms with Crippen molar-refractivity contribution in [1.29, 1.82) is 0 Å². The molecule has 2 aromatic heterocycles. The molecule has 4 aromatic rings. The standard InChI is InChI=1S/C21H16N4O3S/c1-28-15-11-13(7-8-14(15)26)19-16-17(12-5-3-2-4-6-12)23-24-18(16)20(27)25(19)21-22-9-10-29-21/h2-11,19,26H,1H3,(H,23,24). The number of phenolic OH excluding ortho intramolecular Hbond substituents is 1. The zero-order chi connectivity index (χ0) is 20.0. The van der Waals surface area contributed by atoms with Crippen LogP contribution in [0.15, 0.2) is 60.1 Å². The predicted molar refractivity (Wildman–Crippen MR) is 109 cm³/mol. The largest absolute Gasteiger partial charge is 0.504 e. The normalized spacial score (nSPS) is 15.6. The number of fused-ring (bicyclic) bond motifs is 1. The highest BCUT2D eigenvalue weighted by atomic mass is 32.1. The number of rotatable bonds is 4. The summed E-state index contributed by atoms with van der Waals surface area (Å²) in [5.41, 5.74) is 3.64. The van der Waals surface area contributed by atoms with Crippen LogP contribution in [0.4, 0.5) is 5.13 Å². The van der Waals surface area contributed by atoms with E-state index >= 15 is 0 Å². The van der Waals surface area contributed by atoms with Gasteiger partial charge in [-0.2, -0.15) is 5.10 Å². The maximum Gasteiger partial charge on any atom is 0.279 e.